The first-order valence-electron chi connectivity index (χ1n) is 10.2. The number of halogens is 2. The van der Waals surface area contributed by atoms with Gasteiger partial charge in [-0.1, -0.05) is 36.7 Å². The zero-order chi connectivity index (χ0) is 22.1. The summed E-state index contributed by atoms with van der Waals surface area (Å²) in [5.74, 6) is 1.06. The van der Waals surface area contributed by atoms with E-state index in [-0.39, 0.29) is 0 Å². The number of allylic oxidation sites excluding steroid dienone is 4. The number of fused-ring (bicyclic) bond motifs is 1. The monoisotopic (exact) mass is 454 g/mol. The standard InChI is InChI=1S/C24H24ClFN4S/c1-4-6-19(27)21-20-11-15(14(3)5-2)13-30(20)23(24-28-9-10-31-24)29-22(21)17-8-7-16(26)12-18(17)25/h4-10,12,14-15,22,27H,2,11,13H2,1,3H3/b6-4-,27-19?/t14?,15-,22-/m0/s1. The molecule has 3 atom stereocenters. The Morgan fingerprint density at radius 1 is 1.45 bits per heavy atom. The molecule has 2 aliphatic rings. The van der Waals surface area contributed by atoms with Gasteiger partial charge in [-0.25, -0.2) is 9.37 Å². The van der Waals surface area contributed by atoms with Gasteiger partial charge < -0.3 is 10.3 Å². The maximum absolute atomic E-state index is 13.8. The van der Waals surface area contributed by atoms with E-state index in [0.717, 1.165) is 35.1 Å². The lowest BCUT2D eigenvalue weighted by Gasteiger charge is -2.32. The number of amidine groups is 1. The van der Waals surface area contributed by atoms with Crippen molar-refractivity contribution in [2.24, 2.45) is 16.8 Å². The first kappa shape index (κ1) is 21.7. The van der Waals surface area contributed by atoms with Crippen molar-refractivity contribution in [1.29, 1.82) is 5.41 Å². The normalized spacial score (nSPS) is 21.9. The molecule has 0 bridgehead atoms. The quantitative estimate of drug-likeness (QED) is 0.403. The van der Waals surface area contributed by atoms with Gasteiger partial charge in [0.25, 0.3) is 0 Å². The minimum absolute atomic E-state index is 0.307. The summed E-state index contributed by atoms with van der Waals surface area (Å²) in [6.45, 7) is 8.82. The molecule has 1 aromatic heterocycles. The molecule has 1 N–H and O–H groups in total. The summed E-state index contributed by atoms with van der Waals surface area (Å²) in [5.41, 5.74) is 2.95. The van der Waals surface area contributed by atoms with E-state index in [0.29, 0.717) is 28.1 Å². The molecule has 31 heavy (non-hydrogen) atoms. The lowest BCUT2D eigenvalue weighted by Crippen LogP contribution is -2.35. The SMILES string of the molecule is C=CC(C)[C@H]1CC2=C(C(=N)/C=C\C)[C@H](c3ccc(F)cc3Cl)N=C(c3nccs3)N2C1. The second-order valence-corrected chi connectivity index (χ2v) is 9.10. The fourth-order valence-corrected chi connectivity index (χ4v) is 5.12. The van der Waals surface area contributed by atoms with Gasteiger partial charge in [0.1, 0.15) is 11.9 Å². The van der Waals surface area contributed by atoms with Crippen LogP contribution in [-0.2, 0) is 0 Å². The van der Waals surface area contributed by atoms with E-state index >= 15 is 0 Å². The second kappa shape index (κ2) is 8.89. The summed E-state index contributed by atoms with van der Waals surface area (Å²) in [5, 5.41) is 11.9. The van der Waals surface area contributed by atoms with Crippen molar-refractivity contribution < 1.29 is 4.39 Å². The molecule has 1 unspecified atom stereocenters. The Labute approximate surface area is 191 Å². The molecular formula is C24H24ClFN4S. The number of nitrogens with one attached hydrogen (secondary N) is 1. The van der Waals surface area contributed by atoms with Gasteiger partial charge >= 0.3 is 0 Å². The smallest absolute Gasteiger partial charge is 0.165 e. The molecule has 1 fully saturated rings. The maximum Gasteiger partial charge on any atom is 0.165 e. The van der Waals surface area contributed by atoms with Gasteiger partial charge in [-0.2, -0.15) is 0 Å². The fraction of sp³-hybridized carbons (Fsp3) is 0.292. The topological polar surface area (TPSA) is 52.3 Å². The molecule has 0 spiro atoms. The van der Waals surface area contributed by atoms with E-state index in [2.05, 4.69) is 23.4 Å². The minimum atomic E-state index is -0.500. The highest BCUT2D eigenvalue weighted by Crippen LogP contribution is 2.45. The Morgan fingerprint density at radius 2 is 2.26 bits per heavy atom. The maximum atomic E-state index is 13.8. The van der Waals surface area contributed by atoms with Gasteiger partial charge in [0.05, 0.1) is 5.71 Å². The van der Waals surface area contributed by atoms with Crippen molar-refractivity contribution >= 4 is 34.5 Å². The molecule has 4 rings (SSSR count). The number of rotatable bonds is 6. The second-order valence-electron chi connectivity index (χ2n) is 7.80. The molecule has 3 heterocycles. The zero-order valence-electron chi connectivity index (χ0n) is 17.5. The molecular weight excluding hydrogens is 431 g/mol. The highest BCUT2D eigenvalue weighted by Gasteiger charge is 2.41. The Bertz CT molecular complexity index is 1100. The number of benzene rings is 1. The molecule has 0 radical (unpaired) electrons. The average molecular weight is 455 g/mol. The largest absolute Gasteiger partial charge is 0.327 e. The summed E-state index contributed by atoms with van der Waals surface area (Å²) < 4.78 is 13.8. The van der Waals surface area contributed by atoms with Crippen LogP contribution in [0.1, 0.15) is 36.9 Å². The number of aromatic nitrogens is 1. The number of hydrogen-bond donors (Lipinski definition) is 1. The molecule has 1 saturated heterocycles. The molecule has 160 valence electrons. The molecule has 2 aliphatic heterocycles. The van der Waals surface area contributed by atoms with E-state index in [9.17, 15) is 4.39 Å². The number of nitrogens with zero attached hydrogens (tertiary/aromatic N) is 3. The lowest BCUT2D eigenvalue weighted by atomic mass is 9.88. The summed E-state index contributed by atoms with van der Waals surface area (Å²) in [6.07, 6.45) is 8.18. The Kier molecular flexibility index (Phi) is 6.21. The van der Waals surface area contributed by atoms with E-state index in [4.69, 9.17) is 22.0 Å². The third-order valence-corrected chi connectivity index (χ3v) is 7.01. The van der Waals surface area contributed by atoms with Gasteiger partial charge in [0, 0.05) is 40.0 Å². The van der Waals surface area contributed by atoms with Crippen LogP contribution in [0.4, 0.5) is 4.39 Å². The molecule has 0 saturated carbocycles. The summed E-state index contributed by atoms with van der Waals surface area (Å²) in [4.78, 5) is 11.8. The third-order valence-electron chi connectivity index (χ3n) is 5.91. The van der Waals surface area contributed by atoms with E-state index in [1.807, 2.05) is 24.5 Å². The molecule has 4 nitrogen and oxygen atoms in total. The van der Waals surface area contributed by atoms with Gasteiger partial charge in [0.2, 0.25) is 0 Å². The van der Waals surface area contributed by atoms with Crippen molar-refractivity contribution in [2.45, 2.75) is 26.3 Å². The zero-order valence-corrected chi connectivity index (χ0v) is 19.1. The average Bonchev–Trinajstić information content (AvgIpc) is 3.42. The van der Waals surface area contributed by atoms with Crippen LogP contribution in [0.3, 0.4) is 0 Å². The summed E-state index contributed by atoms with van der Waals surface area (Å²) in [6, 6.07) is 3.87. The van der Waals surface area contributed by atoms with Crippen LogP contribution in [0.2, 0.25) is 5.02 Å². The van der Waals surface area contributed by atoms with Gasteiger partial charge in [-0.3, -0.25) is 4.99 Å². The number of aliphatic imine (C=N–C) groups is 1. The number of thiazole rings is 1. The molecule has 0 amide bonds. The van der Waals surface area contributed by atoms with Crippen LogP contribution in [0.15, 0.2) is 70.8 Å². The Balaban J connectivity index is 1.93. The van der Waals surface area contributed by atoms with Gasteiger partial charge in [-0.15, -0.1) is 17.9 Å². The fourth-order valence-electron chi connectivity index (χ4n) is 4.21. The van der Waals surface area contributed by atoms with Crippen LogP contribution < -0.4 is 0 Å². The van der Waals surface area contributed by atoms with Crippen LogP contribution in [0.5, 0.6) is 0 Å². The van der Waals surface area contributed by atoms with E-state index < -0.39 is 11.9 Å². The van der Waals surface area contributed by atoms with Crippen LogP contribution >= 0.6 is 22.9 Å². The van der Waals surface area contributed by atoms with E-state index in [1.54, 1.807) is 18.3 Å². The highest BCUT2D eigenvalue weighted by molar-refractivity contribution is 7.11. The summed E-state index contributed by atoms with van der Waals surface area (Å²) >= 11 is 8.00. The van der Waals surface area contributed by atoms with Crippen molar-refractivity contribution in [1.82, 2.24) is 9.88 Å². The lowest BCUT2D eigenvalue weighted by molar-refractivity contribution is 0.420. The predicted octanol–water partition coefficient (Wildman–Crippen LogP) is 6.43. The summed E-state index contributed by atoms with van der Waals surface area (Å²) in [7, 11) is 0. The number of hydrogen-bond acceptors (Lipinski definition) is 5. The first-order chi connectivity index (χ1) is 14.9. The van der Waals surface area contributed by atoms with Crippen LogP contribution in [-0.4, -0.2) is 28.0 Å². The van der Waals surface area contributed by atoms with Gasteiger partial charge in [-0.05, 0) is 43.4 Å². The highest BCUT2D eigenvalue weighted by atomic mass is 35.5. The van der Waals surface area contributed by atoms with Crippen molar-refractivity contribution in [3.63, 3.8) is 0 Å². The van der Waals surface area contributed by atoms with Crippen molar-refractivity contribution in [3.05, 3.63) is 87.3 Å². The van der Waals surface area contributed by atoms with E-state index in [1.165, 1.54) is 23.5 Å². The van der Waals surface area contributed by atoms with Crippen molar-refractivity contribution in [2.75, 3.05) is 6.54 Å². The molecule has 0 aliphatic carbocycles. The minimum Gasteiger partial charge on any atom is -0.327 e. The Morgan fingerprint density at radius 3 is 2.90 bits per heavy atom. The Hall–Kier alpha value is -2.57. The van der Waals surface area contributed by atoms with Crippen molar-refractivity contribution in [3.8, 4) is 0 Å². The molecule has 1 aromatic carbocycles. The van der Waals surface area contributed by atoms with Crippen LogP contribution in [0.25, 0.3) is 0 Å². The first-order valence-corrected chi connectivity index (χ1v) is 11.5. The molecule has 7 heteroatoms. The molecule has 2 aromatic rings. The third kappa shape index (κ3) is 4.02. The van der Waals surface area contributed by atoms with Gasteiger partial charge in [0.15, 0.2) is 10.8 Å². The van der Waals surface area contributed by atoms with Crippen LogP contribution in [0, 0.1) is 23.1 Å². The predicted molar refractivity (Wildman–Crippen MR) is 127 cm³/mol.